The lowest BCUT2D eigenvalue weighted by atomic mass is 9.89. The molecule has 0 aromatic heterocycles. The molecular weight excluding hydrogens is 641 g/mol. The van der Waals surface area contributed by atoms with E-state index in [1.54, 1.807) is 30.3 Å². The first kappa shape index (κ1) is 32.0. The van der Waals surface area contributed by atoms with Crippen molar-refractivity contribution in [3.63, 3.8) is 0 Å². The van der Waals surface area contributed by atoms with E-state index in [4.69, 9.17) is 25.9 Å². The molecule has 3 aromatic rings. The molecule has 1 N–H and O–H groups in total. The lowest BCUT2D eigenvalue weighted by Crippen LogP contribution is -2.57. The summed E-state index contributed by atoms with van der Waals surface area (Å²) in [5, 5.41) is 6.92. The molecule has 2 fully saturated rings. The highest BCUT2D eigenvalue weighted by molar-refractivity contribution is 6.31. The number of amides is 2. The minimum Gasteiger partial charge on any atom is -0.465 e. The van der Waals surface area contributed by atoms with E-state index in [-0.39, 0.29) is 29.3 Å². The first-order valence-electron chi connectivity index (χ1n) is 16.0. The van der Waals surface area contributed by atoms with E-state index in [9.17, 15) is 18.8 Å². The Morgan fingerprint density at radius 2 is 1.73 bits per heavy atom. The summed E-state index contributed by atoms with van der Waals surface area (Å²) in [4.78, 5) is 52.2. The standard InChI is InChI=1S/C35H35ClFN5O6/c1-46-35(45)21-8-10-22(11-9-21)38-33(43)32-25-4-3-7-29(41-16-14-40(15-17-41)23-19-47-20-23)24(25)12-13-42(32)34(44)30-18-28(39-48-30)26-5-2-6-27(36)31(26)37/h2-11,23,30,32H,12-20H2,1H3,(H,38,43)/t30?,32-/m0/s1. The molecule has 0 spiro atoms. The van der Waals surface area contributed by atoms with Gasteiger partial charge in [-0.1, -0.05) is 35.0 Å². The van der Waals surface area contributed by atoms with Gasteiger partial charge in [0.25, 0.3) is 11.8 Å². The Hall–Kier alpha value is -4.52. The number of oxime groups is 1. The zero-order chi connectivity index (χ0) is 33.4. The molecule has 0 bridgehead atoms. The molecule has 250 valence electrons. The van der Waals surface area contributed by atoms with E-state index in [1.807, 2.05) is 12.1 Å². The number of anilines is 2. The van der Waals surface area contributed by atoms with Crippen LogP contribution in [-0.2, 0) is 30.3 Å². The van der Waals surface area contributed by atoms with Gasteiger partial charge in [-0.15, -0.1) is 0 Å². The van der Waals surface area contributed by atoms with Gasteiger partial charge >= 0.3 is 5.97 Å². The van der Waals surface area contributed by atoms with E-state index in [1.165, 1.54) is 24.1 Å². The number of hydrogen-bond donors (Lipinski definition) is 1. The molecule has 2 saturated heterocycles. The number of hydrogen-bond acceptors (Lipinski definition) is 9. The first-order chi connectivity index (χ1) is 23.3. The van der Waals surface area contributed by atoms with Crippen molar-refractivity contribution in [2.24, 2.45) is 5.16 Å². The van der Waals surface area contributed by atoms with Crippen molar-refractivity contribution < 1.29 is 33.1 Å². The maximum Gasteiger partial charge on any atom is 0.337 e. The summed E-state index contributed by atoms with van der Waals surface area (Å²) in [7, 11) is 1.30. The third kappa shape index (κ3) is 6.11. The van der Waals surface area contributed by atoms with Crippen LogP contribution in [0.25, 0.3) is 0 Å². The number of methoxy groups -OCH3 is 1. The summed E-state index contributed by atoms with van der Waals surface area (Å²) in [5.41, 5.74) is 4.05. The molecule has 4 aliphatic rings. The second-order valence-electron chi connectivity index (χ2n) is 12.2. The molecule has 2 atom stereocenters. The lowest BCUT2D eigenvalue weighted by molar-refractivity contribution is -0.148. The van der Waals surface area contributed by atoms with Gasteiger partial charge in [0.05, 0.1) is 42.7 Å². The molecule has 0 aliphatic carbocycles. The number of carbonyl (C=O) groups is 3. The summed E-state index contributed by atoms with van der Waals surface area (Å²) >= 11 is 5.99. The number of halogens is 2. The Morgan fingerprint density at radius 1 is 0.979 bits per heavy atom. The van der Waals surface area contributed by atoms with Crippen molar-refractivity contribution in [1.82, 2.24) is 9.80 Å². The monoisotopic (exact) mass is 675 g/mol. The van der Waals surface area contributed by atoms with Gasteiger partial charge in [-0.25, -0.2) is 9.18 Å². The first-order valence-corrected chi connectivity index (χ1v) is 16.4. The van der Waals surface area contributed by atoms with Crippen molar-refractivity contribution in [2.45, 2.75) is 31.0 Å². The zero-order valence-electron chi connectivity index (χ0n) is 26.4. The third-order valence-electron chi connectivity index (χ3n) is 9.50. The summed E-state index contributed by atoms with van der Waals surface area (Å²) in [6, 6.07) is 16.3. The van der Waals surface area contributed by atoms with Gasteiger partial charge in [0.1, 0.15) is 6.04 Å². The molecule has 1 unspecified atom stereocenters. The topological polar surface area (TPSA) is 113 Å². The molecule has 4 aliphatic heterocycles. The quantitative estimate of drug-likeness (QED) is 0.374. The molecule has 48 heavy (non-hydrogen) atoms. The normalized spacial score (nSPS) is 21.1. The fraction of sp³-hybridized carbons (Fsp3) is 0.371. The van der Waals surface area contributed by atoms with Gasteiger partial charge in [0, 0.05) is 56.1 Å². The smallest absolute Gasteiger partial charge is 0.337 e. The van der Waals surface area contributed by atoms with Gasteiger partial charge in [0.2, 0.25) is 6.10 Å². The van der Waals surface area contributed by atoms with E-state index < -0.39 is 35.7 Å². The Balaban J connectivity index is 1.15. The molecule has 2 amide bonds. The van der Waals surface area contributed by atoms with Crippen LogP contribution in [0, 0.1) is 5.82 Å². The van der Waals surface area contributed by atoms with Crippen LogP contribution in [0.15, 0.2) is 65.8 Å². The van der Waals surface area contributed by atoms with E-state index in [0.29, 0.717) is 23.7 Å². The second-order valence-corrected chi connectivity index (χ2v) is 12.6. The van der Waals surface area contributed by atoms with Crippen molar-refractivity contribution in [2.75, 3.05) is 63.3 Å². The maximum absolute atomic E-state index is 14.8. The number of carbonyl (C=O) groups excluding carboxylic acids is 3. The molecular formula is C35H35ClFN5O6. The van der Waals surface area contributed by atoms with Crippen LogP contribution in [0.4, 0.5) is 15.8 Å². The summed E-state index contributed by atoms with van der Waals surface area (Å²) in [6.07, 6.45) is -0.477. The third-order valence-corrected chi connectivity index (χ3v) is 9.79. The second kappa shape index (κ2) is 13.5. The van der Waals surface area contributed by atoms with Crippen molar-refractivity contribution in [3.05, 3.63) is 93.8 Å². The number of benzene rings is 3. The van der Waals surface area contributed by atoms with Crippen LogP contribution in [0.2, 0.25) is 5.02 Å². The molecule has 0 saturated carbocycles. The van der Waals surface area contributed by atoms with Crippen LogP contribution in [-0.4, -0.2) is 98.5 Å². The molecule has 4 heterocycles. The summed E-state index contributed by atoms with van der Waals surface area (Å²) in [5.74, 6) is -1.96. The Kier molecular flexibility index (Phi) is 9.04. The summed E-state index contributed by atoms with van der Waals surface area (Å²) < 4.78 is 25.0. The lowest BCUT2D eigenvalue weighted by Gasteiger charge is -2.44. The summed E-state index contributed by atoms with van der Waals surface area (Å²) in [6.45, 7) is 5.34. The molecule has 3 aromatic carbocycles. The molecule has 0 radical (unpaired) electrons. The van der Waals surface area contributed by atoms with Crippen LogP contribution >= 0.6 is 11.6 Å². The van der Waals surface area contributed by atoms with Gasteiger partial charge in [0.15, 0.2) is 5.82 Å². The van der Waals surface area contributed by atoms with E-state index >= 15 is 0 Å². The van der Waals surface area contributed by atoms with Gasteiger partial charge in [-0.05, 0) is 60.0 Å². The number of nitrogens with one attached hydrogen (secondary N) is 1. The predicted molar refractivity (Wildman–Crippen MR) is 177 cm³/mol. The minimum absolute atomic E-state index is 0.0269. The van der Waals surface area contributed by atoms with Crippen LogP contribution in [0.3, 0.4) is 0 Å². The SMILES string of the molecule is COC(=O)c1ccc(NC(=O)[C@@H]2c3cccc(N4CCN(C5COC5)CC4)c3CCN2C(=O)C2CC(c3cccc(Cl)c3F)=NO2)cc1. The maximum atomic E-state index is 14.8. The number of esters is 1. The van der Waals surface area contributed by atoms with Crippen molar-refractivity contribution >= 4 is 46.5 Å². The number of fused-ring (bicyclic) bond motifs is 1. The van der Waals surface area contributed by atoms with Crippen LogP contribution in [0.1, 0.15) is 39.5 Å². The fourth-order valence-corrected chi connectivity index (χ4v) is 7.00. The molecule has 7 rings (SSSR count). The highest BCUT2D eigenvalue weighted by Gasteiger charge is 2.43. The Bertz CT molecular complexity index is 1760. The number of rotatable bonds is 7. The van der Waals surface area contributed by atoms with Crippen molar-refractivity contribution in [3.8, 4) is 0 Å². The minimum atomic E-state index is -1.04. The van der Waals surface area contributed by atoms with E-state index in [0.717, 1.165) is 56.2 Å². The molecule has 11 nitrogen and oxygen atoms in total. The predicted octanol–water partition coefficient (Wildman–Crippen LogP) is 4.04. The van der Waals surface area contributed by atoms with Crippen LogP contribution in [0.5, 0.6) is 0 Å². The highest BCUT2D eigenvalue weighted by atomic mass is 35.5. The van der Waals surface area contributed by atoms with Gasteiger partial charge < -0.3 is 29.4 Å². The fourth-order valence-electron chi connectivity index (χ4n) is 6.83. The van der Waals surface area contributed by atoms with Gasteiger partial charge in [-0.3, -0.25) is 14.5 Å². The largest absolute Gasteiger partial charge is 0.465 e. The molecule has 13 heteroatoms. The van der Waals surface area contributed by atoms with E-state index in [2.05, 4.69) is 26.3 Å². The van der Waals surface area contributed by atoms with Crippen molar-refractivity contribution in [1.29, 1.82) is 0 Å². The number of ether oxygens (including phenoxy) is 2. The Labute approximate surface area is 282 Å². The average molecular weight is 676 g/mol. The Morgan fingerprint density at radius 3 is 2.44 bits per heavy atom. The highest BCUT2D eigenvalue weighted by Crippen LogP contribution is 2.38. The van der Waals surface area contributed by atoms with Crippen LogP contribution < -0.4 is 10.2 Å². The zero-order valence-corrected chi connectivity index (χ0v) is 27.1. The van der Waals surface area contributed by atoms with Gasteiger partial charge in [-0.2, -0.15) is 0 Å². The number of nitrogens with zero attached hydrogens (tertiary/aromatic N) is 4. The average Bonchev–Trinajstić information content (AvgIpc) is 3.58. The number of piperazine rings is 1.